The molecule has 6 nitrogen and oxygen atoms in total. The fraction of sp³-hybridized carbons (Fsp3) is 0.278. The van der Waals surface area contributed by atoms with Gasteiger partial charge in [0.2, 0.25) is 0 Å². The number of carbonyl (C=O) groups excluding carboxylic acids is 3. The quantitative estimate of drug-likeness (QED) is 0.617. The van der Waals surface area contributed by atoms with E-state index in [1.807, 2.05) is 0 Å². The third kappa shape index (κ3) is 5.00. The number of hydrogen-bond donors (Lipinski definition) is 1. The lowest BCUT2D eigenvalue weighted by Crippen LogP contribution is -2.34. The summed E-state index contributed by atoms with van der Waals surface area (Å²) in [6.45, 7) is 3.35. The van der Waals surface area contributed by atoms with Crippen LogP contribution in [0, 0.1) is 5.82 Å². The molecule has 1 aromatic heterocycles. The van der Waals surface area contributed by atoms with Crippen LogP contribution >= 0.6 is 0 Å². The number of aromatic nitrogens is 1. The zero-order valence-corrected chi connectivity index (χ0v) is 14.0. The fourth-order valence-corrected chi connectivity index (χ4v) is 2.24. The fourth-order valence-electron chi connectivity index (χ4n) is 2.24. The maximum absolute atomic E-state index is 13.2. The molecule has 0 aliphatic rings. The highest BCUT2D eigenvalue weighted by atomic mass is 19.1. The molecule has 2 aromatic rings. The maximum Gasteiger partial charge on any atom is 0.355 e. The van der Waals surface area contributed by atoms with Gasteiger partial charge in [-0.1, -0.05) is 12.1 Å². The zero-order chi connectivity index (χ0) is 18.4. The van der Waals surface area contributed by atoms with Crippen molar-refractivity contribution in [1.82, 2.24) is 9.88 Å². The minimum Gasteiger partial charge on any atom is -0.451 e. The molecule has 0 saturated carbocycles. The first-order valence-electron chi connectivity index (χ1n) is 7.79. The number of H-pyrrole nitrogens is 1. The van der Waals surface area contributed by atoms with Gasteiger partial charge in [0.25, 0.3) is 5.91 Å². The number of esters is 1. The summed E-state index contributed by atoms with van der Waals surface area (Å²) in [6.07, 6.45) is 1.41. The predicted molar refractivity (Wildman–Crippen MR) is 88.6 cm³/mol. The van der Waals surface area contributed by atoms with Gasteiger partial charge in [-0.3, -0.25) is 9.59 Å². The molecule has 0 fully saturated rings. The first kappa shape index (κ1) is 18.4. The van der Waals surface area contributed by atoms with E-state index in [0.29, 0.717) is 17.7 Å². The van der Waals surface area contributed by atoms with Gasteiger partial charge < -0.3 is 14.6 Å². The van der Waals surface area contributed by atoms with Gasteiger partial charge in [0.1, 0.15) is 11.5 Å². The summed E-state index contributed by atoms with van der Waals surface area (Å²) in [4.78, 5) is 39.4. The Bertz CT molecular complexity index is 785. The van der Waals surface area contributed by atoms with Crippen LogP contribution < -0.4 is 0 Å². The van der Waals surface area contributed by atoms with Gasteiger partial charge in [-0.25, -0.2) is 9.18 Å². The van der Waals surface area contributed by atoms with Gasteiger partial charge in [-0.15, -0.1) is 0 Å². The Balaban J connectivity index is 1.92. The number of ketones is 1. The van der Waals surface area contributed by atoms with Gasteiger partial charge >= 0.3 is 5.97 Å². The van der Waals surface area contributed by atoms with E-state index in [9.17, 15) is 18.8 Å². The number of ether oxygens (including phenoxy) is 1. The zero-order valence-electron chi connectivity index (χ0n) is 14.0. The lowest BCUT2D eigenvalue weighted by molar-refractivity contribution is -0.135. The number of halogens is 1. The van der Waals surface area contributed by atoms with E-state index in [2.05, 4.69) is 4.98 Å². The van der Waals surface area contributed by atoms with Crippen molar-refractivity contribution >= 4 is 17.7 Å². The Labute approximate surface area is 144 Å². The summed E-state index contributed by atoms with van der Waals surface area (Å²) in [5, 5.41) is 0. The Hall–Kier alpha value is -2.96. The highest BCUT2D eigenvalue weighted by Gasteiger charge is 2.17. The minimum absolute atomic E-state index is 0.103. The molecule has 1 aromatic carbocycles. The molecule has 0 atom stereocenters. The summed E-state index contributed by atoms with van der Waals surface area (Å²) in [5.41, 5.74) is 1.11. The summed E-state index contributed by atoms with van der Waals surface area (Å²) >= 11 is 0. The summed E-state index contributed by atoms with van der Waals surface area (Å²) < 4.78 is 18.2. The normalized spacial score (nSPS) is 10.4. The van der Waals surface area contributed by atoms with Gasteiger partial charge in [-0.05, 0) is 37.6 Å². The molecule has 2 rings (SSSR count). The summed E-state index contributed by atoms with van der Waals surface area (Å²) in [5.74, 6) is -1.67. The molecule has 0 radical (unpaired) electrons. The Morgan fingerprint density at radius 1 is 1.24 bits per heavy atom. The minimum atomic E-state index is -0.720. The number of Topliss-reactive ketones (excluding diaryl/α,β-unsaturated/α-hetero) is 1. The average molecular weight is 346 g/mol. The van der Waals surface area contributed by atoms with Crippen molar-refractivity contribution < 1.29 is 23.5 Å². The summed E-state index contributed by atoms with van der Waals surface area (Å²) in [7, 11) is 0. The van der Waals surface area contributed by atoms with Crippen LogP contribution in [-0.2, 0) is 16.1 Å². The molecular formula is C18H19FN2O4. The third-order valence-electron chi connectivity index (χ3n) is 3.63. The molecule has 25 heavy (non-hydrogen) atoms. The van der Waals surface area contributed by atoms with Crippen molar-refractivity contribution in [3.8, 4) is 0 Å². The van der Waals surface area contributed by atoms with E-state index in [-0.39, 0.29) is 23.8 Å². The van der Waals surface area contributed by atoms with Crippen LogP contribution in [0.1, 0.15) is 40.3 Å². The number of aromatic amines is 1. The van der Waals surface area contributed by atoms with E-state index >= 15 is 0 Å². The van der Waals surface area contributed by atoms with Crippen LogP contribution in [0.25, 0.3) is 0 Å². The van der Waals surface area contributed by atoms with Crippen LogP contribution in [0.4, 0.5) is 4.39 Å². The molecule has 1 amide bonds. The van der Waals surface area contributed by atoms with Crippen molar-refractivity contribution in [2.45, 2.75) is 20.4 Å². The third-order valence-corrected chi connectivity index (χ3v) is 3.63. The molecule has 1 heterocycles. The molecule has 0 saturated heterocycles. The maximum atomic E-state index is 13.2. The van der Waals surface area contributed by atoms with Crippen LogP contribution in [0.2, 0.25) is 0 Å². The smallest absolute Gasteiger partial charge is 0.355 e. The predicted octanol–water partition coefficient (Wildman–Crippen LogP) is 2.56. The second-order valence-corrected chi connectivity index (χ2v) is 5.47. The molecular weight excluding hydrogens is 327 g/mol. The highest BCUT2D eigenvalue weighted by molar-refractivity contribution is 5.97. The van der Waals surface area contributed by atoms with E-state index < -0.39 is 18.5 Å². The number of nitrogens with zero attached hydrogens (tertiary/aromatic N) is 1. The topological polar surface area (TPSA) is 79.5 Å². The van der Waals surface area contributed by atoms with Crippen molar-refractivity contribution in [2.24, 2.45) is 0 Å². The van der Waals surface area contributed by atoms with Crippen molar-refractivity contribution in [2.75, 3.05) is 13.2 Å². The van der Waals surface area contributed by atoms with E-state index in [0.717, 1.165) is 0 Å². The van der Waals surface area contributed by atoms with Gasteiger partial charge in [0.15, 0.2) is 12.4 Å². The first-order chi connectivity index (χ1) is 11.9. The number of likely N-dealkylation sites (N-methyl/N-ethyl adjacent to an activating group) is 1. The number of amides is 1. The van der Waals surface area contributed by atoms with Crippen molar-refractivity contribution in [1.29, 1.82) is 0 Å². The van der Waals surface area contributed by atoms with E-state index in [4.69, 9.17) is 4.74 Å². The number of carbonyl (C=O) groups is 3. The SMILES string of the molecule is CCN(Cc1cccc(F)c1)C(=O)COC(=O)c1cc(C(C)=O)c[nH]1. The monoisotopic (exact) mass is 346 g/mol. The lowest BCUT2D eigenvalue weighted by Gasteiger charge is -2.20. The second-order valence-electron chi connectivity index (χ2n) is 5.47. The van der Waals surface area contributed by atoms with Crippen LogP contribution in [0.3, 0.4) is 0 Å². The van der Waals surface area contributed by atoms with Gasteiger partial charge in [0, 0.05) is 24.8 Å². The van der Waals surface area contributed by atoms with Crippen LogP contribution in [-0.4, -0.2) is 40.7 Å². The molecule has 0 unspecified atom stereocenters. The standard InChI is InChI=1S/C18H19FN2O4/c1-3-21(10-13-5-4-6-15(19)7-13)17(23)11-25-18(24)16-8-14(9-20-16)12(2)22/h4-9,20H,3,10-11H2,1-2H3. The average Bonchev–Trinajstić information content (AvgIpc) is 3.07. The Morgan fingerprint density at radius 3 is 2.60 bits per heavy atom. The number of nitrogens with one attached hydrogen (secondary N) is 1. The first-order valence-corrected chi connectivity index (χ1v) is 7.79. The van der Waals surface area contributed by atoms with Crippen LogP contribution in [0.5, 0.6) is 0 Å². The second kappa shape index (κ2) is 8.23. The molecule has 0 spiro atoms. The van der Waals surface area contributed by atoms with Crippen molar-refractivity contribution in [3.63, 3.8) is 0 Å². The lowest BCUT2D eigenvalue weighted by atomic mass is 10.2. The molecule has 7 heteroatoms. The largest absolute Gasteiger partial charge is 0.451 e. The Morgan fingerprint density at radius 2 is 2.00 bits per heavy atom. The molecule has 0 aliphatic carbocycles. The molecule has 132 valence electrons. The van der Waals surface area contributed by atoms with Crippen LogP contribution in [0.15, 0.2) is 36.5 Å². The van der Waals surface area contributed by atoms with Gasteiger partial charge in [-0.2, -0.15) is 0 Å². The summed E-state index contributed by atoms with van der Waals surface area (Å²) in [6, 6.07) is 7.34. The number of hydrogen-bond acceptors (Lipinski definition) is 4. The van der Waals surface area contributed by atoms with E-state index in [1.54, 1.807) is 19.1 Å². The highest BCUT2D eigenvalue weighted by Crippen LogP contribution is 2.09. The molecule has 0 bridgehead atoms. The molecule has 0 aliphatic heterocycles. The van der Waals surface area contributed by atoms with E-state index in [1.165, 1.54) is 36.2 Å². The number of rotatable bonds is 7. The molecule has 1 N–H and O–H groups in total. The number of benzene rings is 1. The van der Waals surface area contributed by atoms with Gasteiger partial charge in [0.05, 0.1) is 0 Å². The van der Waals surface area contributed by atoms with Crippen molar-refractivity contribution in [3.05, 3.63) is 59.2 Å². The Kier molecular flexibility index (Phi) is 6.05.